The summed E-state index contributed by atoms with van der Waals surface area (Å²) in [6, 6.07) is 7.28. The predicted octanol–water partition coefficient (Wildman–Crippen LogP) is 2.14. The van der Waals surface area contributed by atoms with E-state index in [1.54, 1.807) is 6.07 Å². The van der Waals surface area contributed by atoms with Crippen LogP contribution in [0, 0.1) is 0 Å². The van der Waals surface area contributed by atoms with Gasteiger partial charge in [-0.15, -0.1) is 0 Å². The molecule has 1 aromatic carbocycles. The van der Waals surface area contributed by atoms with Gasteiger partial charge in [-0.25, -0.2) is 0 Å². The number of carbonyl (C=O) groups excluding carboxylic acids is 2. The maximum absolute atomic E-state index is 11.6. The Bertz CT molecular complexity index is 475. The Labute approximate surface area is 94.2 Å². The molecule has 0 saturated heterocycles. The van der Waals surface area contributed by atoms with E-state index in [0.29, 0.717) is 17.7 Å². The second kappa shape index (κ2) is 4.31. The third-order valence-corrected chi connectivity index (χ3v) is 2.51. The first-order chi connectivity index (χ1) is 7.72. The number of allylic oxidation sites excluding steroid dienone is 1. The monoisotopic (exact) mass is 215 g/mol. The van der Waals surface area contributed by atoms with Gasteiger partial charge in [-0.3, -0.25) is 9.59 Å². The summed E-state index contributed by atoms with van der Waals surface area (Å²) in [6.45, 7) is 1.96. The summed E-state index contributed by atoms with van der Waals surface area (Å²) in [5.74, 6) is -0.0827. The van der Waals surface area contributed by atoms with E-state index in [9.17, 15) is 9.59 Å². The molecular formula is C13H13NO2. The highest BCUT2D eigenvalue weighted by Gasteiger charge is 2.22. The molecule has 2 rings (SSSR count). The van der Waals surface area contributed by atoms with Crippen molar-refractivity contribution in [2.75, 3.05) is 0 Å². The predicted molar refractivity (Wildman–Crippen MR) is 61.8 cm³/mol. The average molecular weight is 215 g/mol. The van der Waals surface area contributed by atoms with Crippen LogP contribution >= 0.6 is 0 Å². The molecule has 1 aromatic rings. The molecule has 0 aromatic heterocycles. The van der Waals surface area contributed by atoms with E-state index in [1.165, 1.54) is 6.08 Å². The number of benzene rings is 1. The van der Waals surface area contributed by atoms with Crippen LogP contribution in [0.25, 0.3) is 5.70 Å². The van der Waals surface area contributed by atoms with Crippen molar-refractivity contribution in [1.82, 2.24) is 5.32 Å². The average Bonchev–Trinajstić information content (AvgIpc) is 2.57. The molecule has 0 spiro atoms. The summed E-state index contributed by atoms with van der Waals surface area (Å²) in [6.07, 6.45) is 2.85. The van der Waals surface area contributed by atoms with Crippen LogP contribution in [0.2, 0.25) is 0 Å². The number of rotatable bonds is 3. The lowest BCUT2D eigenvalue weighted by Crippen LogP contribution is -2.13. The molecule has 1 heterocycles. The van der Waals surface area contributed by atoms with Crippen LogP contribution in [0.15, 0.2) is 30.3 Å². The zero-order chi connectivity index (χ0) is 11.5. The third-order valence-electron chi connectivity index (χ3n) is 2.51. The van der Waals surface area contributed by atoms with Gasteiger partial charge in [-0.05, 0) is 12.5 Å². The van der Waals surface area contributed by atoms with Crippen molar-refractivity contribution < 1.29 is 9.59 Å². The van der Waals surface area contributed by atoms with Crippen molar-refractivity contribution in [3.05, 3.63) is 41.5 Å². The van der Waals surface area contributed by atoms with Gasteiger partial charge in [0.2, 0.25) is 0 Å². The third kappa shape index (κ3) is 1.89. The molecule has 1 aliphatic rings. The topological polar surface area (TPSA) is 46.2 Å². The number of amides is 1. The minimum atomic E-state index is -0.133. The van der Waals surface area contributed by atoms with Crippen LogP contribution < -0.4 is 5.32 Å². The van der Waals surface area contributed by atoms with Crippen LogP contribution in [-0.2, 0) is 4.79 Å². The first-order valence-corrected chi connectivity index (χ1v) is 5.37. The van der Waals surface area contributed by atoms with Gasteiger partial charge in [0, 0.05) is 23.6 Å². The van der Waals surface area contributed by atoms with Crippen LogP contribution in [0.3, 0.4) is 0 Å². The van der Waals surface area contributed by atoms with Gasteiger partial charge >= 0.3 is 0 Å². The SMILES string of the molecule is CCCC(=O)/C=C1\NC(=O)c2ccccc21. The Morgan fingerprint density at radius 2 is 2.00 bits per heavy atom. The molecular weight excluding hydrogens is 202 g/mol. The number of carbonyl (C=O) groups is 2. The largest absolute Gasteiger partial charge is 0.321 e. The Hall–Kier alpha value is -1.90. The zero-order valence-corrected chi connectivity index (χ0v) is 9.12. The second-order valence-corrected chi connectivity index (χ2v) is 3.77. The van der Waals surface area contributed by atoms with E-state index in [2.05, 4.69) is 5.32 Å². The minimum absolute atomic E-state index is 0.0505. The van der Waals surface area contributed by atoms with Crippen molar-refractivity contribution in [3.63, 3.8) is 0 Å². The lowest BCUT2D eigenvalue weighted by molar-refractivity contribution is -0.114. The molecule has 0 fully saturated rings. The number of nitrogens with one attached hydrogen (secondary N) is 1. The quantitative estimate of drug-likeness (QED) is 0.785. The number of hydrogen-bond donors (Lipinski definition) is 1. The van der Waals surface area contributed by atoms with E-state index < -0.39 is 0 Å². The molecule has 1 aliphatic heterocycles. The van der Waals surface area contributed by atoms with Gasteiger partial charge in [0.25, 0.3) is 5.91 Å². The highest BCUT2D eigenvalue weighted by molar-refractivity contribution is 6.12. The first kappa shape index (κ1) is 10.6. The summed E-state index contributed by atoms with van der Waals surface area (Å²) in [5.41, 5.74) is 2.08. The molecule has 16 heavy (non-hydrogen) atoms. The summed E-state index contributed by atoms with van der Waals surface area (Å²) in [5, 5.41) is 2.71. The van der Waals surface area contributed by atoms with Gasteiger partial charge in [-0.2, -0.15) is 0 Å². The van der Waals surface area contributed by atoms with Gasteiger partial charge in [0.1, 0.15) is 0 Å². The standard InChI is InChI=1S/C13H13NO2/c1-2-5-9(15)8-12-10-6-3-4-7-11(10)13(16)14-12/h3-4,6-8H,2,5H2,1H3,(H,14,16)/b12-8-. The fourth-order valence-corrected chi connectivity index (χ4v) is 1.77. The molecule has 0 aliphatic carbocycles. The van der Waals surface area contributed by atoms with E-state index in [0.717, 1.165) is 12.0 Å². The maximum Gasteiger partial charge on any atom is 0.256 e. The first-order valence-electron chi connectivity index (χ1n) is 5.37. The normalized spacial score (nSPS) is 16.1. The molecule has 1 amide bonds. The highest BCUT2D eigenvalue weighted by atomic mass is 16.2. The van der Waals surface area contributed by atoms with E-state index >= 15 is 0 Å². The summed E-state index contributed by atoms with van der Waals surface area (Å²) < 4.78 is 0. The summed E-state index contributed by atoms with van der Waals surface area (Å²) >= 11 is 0. The van der Waals surface area contributed by atoms with E-state index in [-0.39, 0.29) is 11.7 Å². The van der Waals surface area contributed by atoms with Crippen LogP contribution in [0.5, 0.6) is 0 Å². The molecule has 82 valence electrons. The highest BCUT2D eigenvalue weighted by Crippen LogP contribution is 2.23. The Kier molecular flexibility index (Phi) is 2.86. The second-order valence-electron chi connectivity index (χ2n) is 3.77. The van der Waals surface area contributed by atoms with Crippen molar-refractivity contribution in [2.45, 2.75) is 19.8 Å². The van der Waals surface area contributed by atoms with E-state index in [1.807, 2.05) is 25.1 Å². The number of fused-ring (bicyclic) bond motifs is 1. The molecule has 0 unspecified atom stereocenters. The fourth-order valence-electron chi connectivity index (χ4n) is 1.77. The smallest absolute Gasteiger partial charge is 0.256 e. The van der Waals surface area contributed by atoms with Gasteiger partial charge in [0.05, 0.1) is 5.70 Å². The fraction of sp³-hybridized carbons (Fsp3) is 0.231. The number of ketones is 1. The van der Waals surface area contributed by atoms with Crippen LogP contribution in [0.1, 0.15) is 35.7 Å². The molecule has 0 atom stereocenters. The Morgan fingerprint density at radius 3 is 2.69 bits per heavy atom. The van der Waals surface area contributed by atoms with Crippen LogP contribution in [0.4, 0.5) is 0 Å². The van der Waals surface area contributed by atoms with Crippen LogP contribution in [-0.4, -0.2) is 11.7 Å². The van der Waals surface area contributed by atoms with Gasteiger partial charge < -0.3 is 5.32 Å². The summed E-state index contributed by atoms with van der Waals surface area (Å²) in [4.78, 5) is 23.0. The van der Waals surface area contributed by atoms with Crippen molar-refractivity contribution in [3.8, 4) is 0 Å². The molecule has 3 heteroatoms. The zero-order valence-electron chi connectivity index (χ0n) is 9.12. The molecule has 0 radical (unpaired) electrons. The minimum Gasteiger partial charge on any atom is -0.321 e. The van der Waals surface area contributed by atoms with Crippen molar-refractivity contribution in [1.29, 1.82) is 0 Å². The van der Waals surface area contributed by atoms with Gasteiger partial charge in [-0.1, -0.05) is 25.1 Å². The molecule has 3 nitrogen and oxygen atoms in total. The molecule has 0 saturated carbocycles. The Morgan fingerprint density at radius 1 is 1.31 bits per heavy atom. The van der Waals surface area contributed by atoms with Gasteiger partial charge in [0.15, 0.2) is 5.78 Å². The summed E-state index contributed by atoms with van der Waals surface area (Å²) in [7, 11) is 0. The van der Waals surface area contributed by atoms with E-state index in [4.69, 9.17) is 0 Å². The maximum atomic E-state index is 11.6. The Balaban J connectivity index is 2.34. The lowest BCUT2D eigenvalue weighted by atomic mass is 10.1. The number of hydrogen-bond acceptors (Lipinski definition) is 2. The molecule has 1 N–H and O–H groups in total. The van der Waals surface area contributed by atoms with Crippen molar-refractivity contribution >= 4 is 17.4 Å². The van der Waals surface area contributed by atoms with Crippen molar-refractivity contribution in [2.24, 2.45) is 0 Å². The lowest BCUT2D eigenvalue weighted by Gasteiger charge is -1.98. The molecule has 0 bridgehead atoms.